The van der Waals surface area contributed by atoms with E-state index in [1.165, 1.54) is 6.92 Å². The molecule has 3 N–H and O–H groups in total. The van der Waals surface area contributed by atoms with Crippen LogP contribution in [0.2, 0.25) is 0 Å². The van der Waals surface area contributed by atoms with E-state index in [1.54, 1.807) is 11.5 Å². The van der Waals surface area contributed by atoms with Gasteiger partial charge in [0.05, 0.1) is 10.9 Å². The Morgan fingerprint density at radius 3 is 2.22 bits per heavy atom. The lowest BCUT2D eigenvalue weighted by Gasteiger charge is -2.10. The second-order valence-electron chi connectivity index (χ2n) is 4.26. The highest BCUT2D eigenvalue weighted by atomic mass is 16.3. The van der Waals surface area contributed by atoms with Gasteiger partial charge in [-0.3, -0.25) is 4.79 Å². The lowest BCUT2D eigenvalue weighted by atomic mass is 10.1. The van der Waals surface area contributed by atoms with E-state index in [0.29, 0.717) is 24.0 Å². The number of aromatic nitrogens is 1. The second-order valence-corrected chi connectivity index (χ2v) is 4.26. The fourth-order valence-corrected chi connectivity index (χ4v) is 2.37. The zero-order valence-corrected chi connectivity index (χ0v) is 10.5. The van der Waals surface area contributed by atoms with Crippen molar-refractivity contribution in [2.45, 2.75) is 27.3 Å². The van der Waals surface area contributed by atoms with Crippen molar-refractivity contribution in [3.05, 3.63) is 16.8 Å². The van der Waals surface area contributed by atoms with Crippen LogP contribution in [0.3, 0.4) is 0 Å². The monoisotopic (exact) mass is 249 g/mol. The van der Waals surface area contributed by atoms with Crippen LogP contribution in [0.25, 0.3) is 10.9 Å². The Hall–Kier alpha value is -2.17. The number of carbonyl (C=O) groups is 1. The first-order chi connectivity index (χ1) is 8.45. The van der Waals surface area contributed by atoms with Crippen molar-refractivity contribution in [3.8, 4) is 17.2 Å². The third kappa shape index (κ3) is 1.30. The van der Waals surface area contributed by atoms with Crippen molar-refractivity contribution in [3.63, 3.8) is 0 Å². The van der Waals surface area contributed by atoms with Gasteiger partial charge in [-0.05, 0) is 20.8 Å². The average molecular weight is 249 g/mol. The van der Waals surface area contributed by atoms with Crippen molar-refractivity contribution in [1.29, 1.82) is 0 Å². The van der Waals surface area contributed by atoms with Crippen molar-refractivity contribution >= 4 is 17.2 Å². The molecule has 0 aliphatic carbocycles. The lowest BCUT2D eigenvalue weighted by Crippen LogP contribution is -1.97. The Morgan fingerprint density at radius 2 is 1.72 bits per heavy atom. The first kappa shape index (κ1) is 12.3. The maximum atomic E-state index is 11.1. The summed E-state index contributed by atoms with van der Waals surface area (Å²) in [7, 11) is 0. The van der Waals surface area contributed by atoms with Gasteiger partial charge in [0.15, 0.2) is 17.8 Å². The van der Waals surface area contributed by atoms with Gasteiger partial charge in [0.1, 0.15) is 5.75 Å². The molecular formula is C13H15NO4. The number of hydrogen-bond donors (Lipinski definition) is 3. The summed E-state index contributed by atoms with van der Waals surface area (Å²) in [6, 6.07) is 0. The van der Waals surface area contributed by atoms with Crippen LogP contribution in [0.1, 0.15) is 28.5 Å². The van der Waals surface area contributed by atoms with Crippen LogP contribution in [-0.2, 0) is 6.54 Å². The highest BCUT2D eigenvalue weighted by Crippen LogP contribution is 2.46. The smallest absolute Gasteiger partial charge is 0.168 e. The first-order valence-corrected chi connectivity index (χ1v) is 5.67. The molecular weight excluding hydrogens is 234 g/mol. The minimum Gasteiger partial charge on any atom is -0.505 e. The molecule has 1 heterocycles. The van der Waals surface area contributed by atoms with Gasteiger partial charge in [-0.1, -0.05) is 0 Å². The molecule has 0 aliphatic heterocycles. The van der Waals surface area contributed by atoms with E-state index in [1.807, 2.05) is 6.92 Å². The largest absolute Gasteiger partial charge is 0.505 e. The van der Waals surface area contributed by atoms with Crippen LogP contribution in [0, 0.1) is 13.8 Å². The SMILES string of the molecule is CCn1c(C)c(C=O)c2c(O)c(O)c(C)c(O)c21. The number of fused-ring (bicyclic) bond motifs is 1. The van der Waals surface area contributed by atoms with E-state index in [0.717, 1.165) is 0 Å². The quantitative estimate of drug-likeness (QED) is 0.433. The first-order valence-electron chi connectivity index (χ1n) is 5.67. The summed E-state index contributed by atoms with van der Waals surface area (Å²) in [6.45, 7) is 5.67. The summed E-state index contributed by atoms with van der Waals surface area (Å²) >= 11 is 0. The molecule has 18 heavy (non-hydrogen) atoms. The van der Waals surface area contributed by atoms with Gasteiger partial charge in [-0.25, -0.2) is 0 Å². The Balaban J connectivity index is 3.15. The van der Waals surface area contributed by atoms with Gasteiger partial charge in [0, 0.05) is 23.4 Å². The van der Waals surface area contributed by atoms with Crippen molar-refractivity contribution < 1.29 is 20.1 Å². The van der Waals surface area contributed by atoms with E-state index in [2.05, 4.69) is 0 Å². The second kappa shape index (κ2) is 3.94. The highest BCUT2D eigenvalue weighted by molar-refractivity contribution is 6.06. The maximum absolute atomic E-state index is 11.1. The van der Waals surface area contributed by atoms with Gasteiger partial charge in [-0.2, -0.15) is 0 Å². The molecule has 2 rings (SSSR count). The predicted molar refractivity (Wildman–Crippen MR) is 67.5 cm³/mol. The third-order valence-corrected chi connectivity index (χ3v) is 3.40. The number of benzene rings is 1. The fourth-order valence-electron chi connectivity index (χ4n) is 2.37. The number of aryl methyl sites for hydroxylation is 1. The van der Waals surface area contributed by atoms with E-state index in [-0.39, 0.29) is 28.0 Å². The van der Waals surface area contributed by atoms with Crippen LogP contribution in [0.5, 0.6) is 17.2 Å². The zero-order valence-electron chi connectivity index (χ0n) is 10.5. The number of carbonyl (C=O) groups excluding carboxylic acids is 1. The van der Waals surface area contributed by atoms with E-state index in [9.17, 15) is 20.1 Å². The van der Waals surface area contributed by atoms with Gasteiger partial charge >= 0.3 is 0 Å². The fraction of sp³-hybridized carbons (Fsp3) is 0.308. The summed E-state index contributed by atoms with van der Waals surface area (Å²) < 4.78 is 1.74. The van der Waals surface area contributed by atoms with Gasteiger partial charge in [0.25, 0.3) is 0 Å². The normalized spacial score (nSPS) is 11.1. The topological polar surface area (TPSA) is 82.7 Å². The van der Waals surface area contributed by atoms with E-state index in [4.69, 9.17) is 0 Å². The summed E-state index contributed by atoms with van der Waals surface area (Å²) in [5, 5.41) is 30.0. The Morgan fingerprint density at radius 1 is 1.11 bits per heavy atom. The third-order valence-electron chi connectivity index (χ3n) is 3.40. The van der Waals surface area contributed by atoms with Crippen LogP contribution in [0.15, 0.2) is 0 Å². The lowest BCUT2D eigenvalue weighted by molar-refractivity contribution is 0.112. The maximum Gasteiger partial charge on any atom is 0.168 e. The summed E-state index contributed by atoms with van der Waals surface area (Å²) in [6.07, 6.45) is 0.623. The van der Waals surface area contributed by atoms with E-state index < -0.39 is 5.75 Å². The minimum absolute atomic E-state index is 0.113. The Kier molecular flexibility index (Phi) is 2.69. The molecule has 1 aromatic carbocycles. The summed E-state index contributed by atoms with van der Waals surface area (Å²) in [5.41, 5.74) is 1.52. The molecule has 5 nitrogen and oxygen atoms in total. The number of phenols is 3. The average Bonchev–Trinajstić information content (AvgIpc) is 2.65. The molecule has 0 fully saturated rings. The van der Waals surface area contributed by atoms with Crippen LogP contribution < -0.4 is 0 Å². The van der Waals surface area contributed by atoms with E-state index >= 15 is 0 Å². The van der Waals surface area contributed by atoms with Crippen molar-refractivity contribution in [2.75, 3.05) is 0 Å². The molecule has 0 aliphatic rings. The highest BCUT2D eigenvalue weighted by Gasteiger charge is 2.24. The molecule has 96 valence electrons. The molecule has 0 spiro atoms. The summed E-state index contributed by atoms with van der Waals surface area (Å²) in [5.74, 6) is -0.868. The Bertz CT molecular complexity index is 655. The van der Waals surface area contributed by atoms with Gasteiger partial charge < -0.3 is 19.9 Å². The molecule has 1 aromatic heterocycles. The molecule has 5 heteroatoms. The van der Waals surface area contributed by atoms with Crippen molar-refractivity contribution in [2.24, 2.45) is 0 Å². The molecule has 0 atom stereocenters. The number of rotatable bonds is 2. The number of aromatic hydroxyl groups is 3. The zero-order chi connectivity index (χ0) is 13.6. The minimum atomic E-state index is -0.392. The predicted octanol–water partition coefficient (Wildman–Crippen LogP) is 2.21. The molecule has 0 saturated heterocycles. The molecule has 0 bridgehead atoms. The van der Waals surface area contributed by atoms with Crippen LogP contribution >= 0.6 is 0 Å². The molecule has 0 saturated carbocycles. The molecule has 0 unspecified atom stereocenters. The number of aldehydes is 1. The van der Waals surface area contributed by atoms with Crippen molar-refractivity contribution in [1.82, 2.24) is 4.57 Å². The molecule has 0 radical (unpaired) electrons. The molecule has 2 aromatic rings. The molecule has 0 amide bonds. The number of phenolic OH excluding ortho intramolecular Hbond substituents is 3. The van der Waals surface area contributed by atoms with Gasteiger partial charge in [-0.15, -0.1) is 0 Å². The van der Waals surface area contributed by atoms with Crippen LogP contribution in [0.4, 0.5) is 0 Å². The number of hydrogen-bond acceptors (Lipinski definition) is 4. The summed E-state index contributed by atoms with van der Waals surface area (Å²) in [4.78, 5) is 11.1. The van der Waals surface area contributed by atoms with Crippen LogP contribution in [-0.4, -0.2) is 26.2 Å². The Labute approximate surface area is 104 Å². The van der Waals surface area contributed by atoms with Gasteiger partial charge in [0.2, 0.25) is 0 Å². The number of nitrogens with zero attached hydrogens (tertiary/aromatic N) is 1. The standard InChI is InChI=1S/C13H15NO4/c1-4-14-7(3)8(5-15)9-10(14)11(16)6(2)12(17)13(9)18/h5,16-18H,4H2,1-3H3.